The number of nitrogens with zero attached hydrogens (tertiary/aromatic N) is 3. The summed E-state index contributed by atoms with van der Waals surface area (Å²) in [5, 5.41) is 3.53. The van der Waals surface area contributed by atoms with Crippen LogP contribution in [0.3, 0.4) is 0 Å². The van der Waals surface area contributed by atoms with E-state index < -0.39 is 33.0 Å². The van der Waals surface area contributed by atoms with Crippen LogP contribution in [0.1, 0.15) is 41.4 Å². The number of hydrogen-bond acceptors (Lipinski definition) is 8. The van der Waals surface area contributed by atoms with Crippen molar-refractivity contribution in [3.05, 3.63) is 52.4 Å². The minimum Gasteiger partial charge on any atom is -0.382 e. The fourth-order valence-electron chi connectivity index (χ4n) is 4.02. The summed E-state index contributed by atoms with van der Waals surface area (Å²) < 4.78 is 54.9. The molecule has 0 radical (unpaired) electrons. The van der Waals surface area contributed by atoms with E-state index in [4.69, 9.17) is 5.73 Å². The third-order valence-corrected chi connectivity index (χ3v) is 8.66. The molecule has 0 amide bonds. The molecule has 192 valence electrons. The lowest BCUT2D eigenvalue weighted by Crippen LogP contribution is -2.43. The number of carbonyl (C=O) groups excluding carboxylic acids is 1. The van der Waals surface area contributed by atoms with Gasteiger partial charge in [-0.15, -0.1) is 0 Å². The van der Waals surface area contributed by atoms with Gasteiger partial charge in [0, 0.05) is 25.7 Å². The van der Waals surface area contributed by atoms with Crippen LogP contribution in [0.2, 0.25) is 0 Å². The summed E-state index contributed by atoms with van der Waals surface area (Å²) in [5.74, 6) is -2.81. The number of carbonyl (C=O) groups is 1. The van der Waals surface area contributed by atoms with Gasteiger partial charge in [-0.25, -0.2) is 26.5 Å². The standard InChI is InChI=1S/C23H31F2N5O3S2/c1-15(2)14-29(3)10-5-13-35(32,33)30-11-8-16(9-12-30)27-23-28-22(26)21(34-23)20(31)19-17(24)6-4-7-18(19)25/h4,6-7,16H,1,5,8-14,26H2,2-3H3,(H,27,28). The maximum absolute atomic E-state index is 14.0. The molecular weight excluding hydrogens is 496 g/mol. The van der Waals surface area contributed by atoms with Crippen molar-refractivity contribution in [1.29, 1.82) is 0 Å². The van der Waals surface area contributed by atoms with Gasteiger partial charge in [0.25, 0.3) is 0 Å². The van der Waals surface area contributed by atoms with Crippen molar-refractivity contribution in [2.45, 2.75) is 32.2 Å². The van der Waals surface area contributed by atoms with E-state index in [0.717, 1.165) is 35.6 Å². The zero-order valence-electron chi connectivity index (χ0n) is 19.9. The Morgan fingerprint density at radius 3 is 2.54 bits per heavy atom. The summed E-state index contributed by atoms with van der Waals surface area (Å²) in [6.07, 6.45) is 1.65. The quantitative estimate of drug-likeness (QED) is 0.341. The molecule has 0 aliphatic carbocycles. The number of nitrogens with one attached hydrogen (secondary N) is 1. The van der Waals surface area contributed by atoms with E-state index >= 15 is 0 Å². The van der Waals surface area contributed by atoms with Crippen LogP contribution in [0.4, 0.5) is 19.7 Å². The fourth-order valence-corrected chi connectivity index (χ4v) is 6.45. The molecule has 0 spiro atoms. The van der Waals surface area contributed by atoms with Gasteiger partial charge in [0.05, 0.1) is 11.3 Å². The van der Waals surface area contributed by atoms with E-state index in [1.807, 2.05) is 18.9 Å². The Morgan fingerprint density at radius 2 is 1.94 bits per heavy atom. The van der Waals surface area contributed by atoms with E-state index in [2.05, 4.69) is 16.9 Å². The lowest BCUT2D eigenvalue weighted by atomic mass is 10.1. The molecule has 12 heteroatoms. The third-order valence-electron chi connectivity index (χ3n) is 5.71. The molecule has 1 saturated heterocycles. The summed E-state index contributed by atoms with van der Waals surface area (Å²) >= 11 is 0.925. The van der Waals surface area contributed by atoms with Gasteiger partial charge in [-0.2, -0.15) is 0 Å². The second-order valence-electron chi connectivity index (χ2n) is 8.84. The van der Waals surface area contributed by atoms with Crippen molar-refractivity contribution in [2.75, 3.05) is 50.0 Å². The number of piperidine rings is 1. The van der Waals surface area contributed by atoms with Gasteiger partial charge >= 0.3 is 0 Å². The van der Waals surface area contributed by atoms with Crippen LogP contribution in [0.5, 0.6) is 0 Å². The number of halogens is 2. The smallest absolute Gasteiger partial charge is 0.214 e. The van der Waals surface area contributed by atoms with E-state index in [-0.39, 0.29) is 22.5 Å². The first-order valence-electron chi connectivity index (χ1n) is 11.3. The van der Waals surface area contributed by atoms with Crippen LogP contribution < -0.4 is 11.1 Å². The van der Waals surface area contributed by atoms with Gasteiger partial charge in [0.1, 0.15) is 22.3 Å². The number of benzene rings is 1. The second kappa shape index (κ2) is 11.5. The summed E-state index contributed by atoms with van der Waals surface area (Å²) in [5.41, 5.74) is 6.22. The summed E-state index contributed by atoms with van der Waals surface area (Å²) in [7, 11) is -1.41. The van der Waals surface area contributed by atoms with Crippen molar-refractivity contribution >= 4 is 38.1 Å². The first kappa shape index (κ1) is 27.2. The minimum atomic E-state index is -3.35. The average molecular weight is 528 g/mol. The molecule has 2 aromatic rings. The predicted octanol–water partition coefficient (Wildman–Crippen LogP) is 3.34. The summed E-state index contributed by atoms with van der Waals surface area (Å²) in [6, 6.07) is 3.13. The van der Waals surface area contributed by atoms with Gasteiger partial charge in [-0.3, -0.25) is 4.79 Å². The highest BCUT2D eigenvalue weighted by molar-refractivity contribution is 7.89. The monoisotopic (exact) mass is 527 g/mol. The lowest BCUT2D eigenvalue weighted by Gasteiger charge is -2.31. The third kappa shape index (κ3) is 7.06. The van der Waals surface area contributed by atoms with Gasteiger partial charge in [0.2, 0.25) is 15.8 Å². The highest BCUT2D eigenvalue weighted by Gasteiger charge is 2.29. The highest BCUT2D eigenvalue weighted by atomic mass is 32.2. The largest absolute Gasteiger partial charge is 0.382 e. The normalized spacial score (nSPS) is 15.5. The number of hydrogen-bond donors (Lipinski definition) is 2. The van der Waals surface area contributed by atoms with Gasteiger partial charge < -0.3 is 16.0 Å². The molecular formula is C23H31F2N5O3S2. The minimum absolute atomic E-state index is 0.0480. The maximum Gasteiger partial charge on any atom is 0.214 e. The first-order valence-corrected chi connectivity index (χ1v) is 13.7. The van der Waals surface area contributed by atoms with Crippen molar-refractivity contribution < 1.29 is 22.0 Å². The number of nitrogens with two attached hydrogens (primary N) is 1. The van der Waals surface area contributed by atoms with Crippen LogP contribution in [0.15, 0.2) is 30.4 Å². The maximum atomic E-state index is 14.0. The molecule has 1 fully saturated rings. The molecule has 0 unspecified atom stereocenters. The topological polar surface area (TPSA) is 109 Å². The second-order valence-corrected chi connectivity index (χ2v) is 11.9. The van der Waals surface area contributed by atoms with Crippen LogP contribution >= 0.6 is 11.3 Å². The number of likely N-dealkylation sites (N-methyl/N-ethyl adjacent to an activating group) is 1. The number of anilines is 2. The van der Waals surface area contributed by atoms with Crippen molar-refractivity contribution in [1.82, 2.24) is 14.2 Å². The number of rotatable bonds is 11. The number of ketones is 1. The molecule has 1 aromatic carbocycles. The van der Waals surface area contributed by atoms with Gasteiger partial charge in [-0.1, -0.05) is 29.6 Å². The molecule has 0 atom stereocenters. The number of nitrogen functional groups attached to an aromatic ring is 1. The average Bonchev–Trinajstić information content (AvgIpc) is 3.13. The van der Waals surface area contributed by atoms with Gasteiger partial charge in [0.15, 0.2) is 5.13 Å². The Kier molecular flexibility index (Phi) is 8.97. The zero-order chi connectivity index (χ0) is 25.8. The van der Waals surface area contributed by atoms with Crippen molar-refractivity contribution in [3.8, 4) is 0 Å². The molecule has 2 heterocycles. The molecule has 3 N–H and O–H groups in total. The lowest BCUT2D eigenvalue weighted by molar-refractivity contribution is 0.103. The first-order chi connectivity index (χ1) is 16.5. The predicted molar refractivity (Wildman–Crippen MR) is 135 cm³/mol. The molecule has 1 aromatic heterocycles. The summed E-state index contributed by atoms with van der Waals surface area (Å²) in [4.78, 5) is 18.8. The Balaban J connectivity index is 1.54. The van der Waals surface area contributed by atoms with E-state index in [0.29, 0.717) is 44.0 Å². The molecule has 1 aliphatic rings. The highest BCUT2D eigenvalue weighted by Crippen LogP contribution is 2.30. The van der Waals surface area contributed by atoms with E-state index in [1.54, 1.807) is 0 Å². The SMILES string of the molecule is C=C(C)CN(C)CCCS(=O)(=O)N1CCC(Nc2nc(N)c(C(=O)c3c(F)cccc3F)s2)CC1. The fraction of sp³-hybridized carbons (Fsp3) is 0.478. The molecule has 1 aliphatic heterocycles. The molecule has 8 nitrogen and oxygen atoms in total. The Bertz CT molecular complexity index is 1160. The van der Waals surface area contributed by atoms with Crippen LogP contribution in [-0.2, 0) is 10.0 Å². The van der Waals surface area contributed by atoms with Crippen LogP contribution in [-0.4, -0.2) is 73.4 Å². The Morgan fingerprint density at radius 1 is 1.31 bits per heavy atom. The Labute approximate surface area is 208 Å². The van der Waals surface area contributed by atoms with E-state index in [9.17, 15) is 22.0 Å². The van der Waals surface area contributed by atoms with E-state index in [1.165, 1.54) is 10.4 Å². The van der Waals surface area contributed by atoms with Crippen molar-refractivity contribution in [2.24, 2.45) is 0 Å². The number of sulfonamides is 1. The van der Waals surface area contributed by atoms with Crippen LogP contribution in [0.25, 0.3) is 0 Å². The summed E-state index contributed by atoms with van der Waals surface area (Å²) in [6.45, 7) is 7.95. The van der Waals surface area contributed by atoms with Crippen LogP contribution in [0, 0.1) is 11.6 Å². The number of aromatic nitrogens is 1. The molecule has 0 saturated carbocycles. The van der Waals surface area contributed by atoms with Gasteiger partial charge in [-0.05, 0) is 51.9 Å². The number of thiazole rings is 1. The zero-order valence-corrected chi connectivity index (χ0v) is 21.5. The Hall–Kier alpha value is -2.41. The molecule has 3 rings (SSSR count). The molecule has 0 bridgehead atoms. The van der Waals surface area contributed by atoms with Crippen molar-refractivity contribution in [3.63, 3.8) is 0 Å². The molecule has 35 heavy (non-hydrogen) atoms.